The average Bonchev–Trinajstić information content (AvgIpc) is 2.73. The van der Waals surface area contributed by atoms with E-state index in [1.165, 1.54) is 48.7 Å². The van der Waals surface area contributed by atoms with Gasteiger partial charge in [-0.15, -0.1) is 0 Å². The Labute approximate surface area is 104 Å². The number of hydrogen-bond acceptors (Lipinski definition) is 0. The molecule has 1 nitrogen and oxygen atoms in total. The summed E-state index contributed by atoms with van der Waals surface area (Å²) in [6, 6.07) is 8.78. The number of fused-ring (bicyclic) bond motifs is 1. The lowest BCUT2D eigenvalue weighted by Crippen LogP contribution is -2.04. The summed E-state index contributed by atoms with van der Waals surface area (Å²) in [5.41, 5.74) is 2.71. The average molecular weight is 278 g/mol. The van der Waals surface area contributed by atoms with Crippen LogP contribution in [-0.4, -0.2) is 4.98 Å². The number of aromatic nitrogens is 1. The third-order valence-corrected chi connectivity index (χ3v) is 4.14. The Kier molecular flexibility index (Phi) is 2.76. The molecule has 1 N–H and O–H groups in total. The van der Waals surface area contributed by atoms with E-state index in [0.717, 1.165) is 10.4 Å². The number of benzene rings is 1. The molecular formula is C14H16BrN. The minimum absolute atomic E-state index is 0.764. The molecule has 3 rings (SSSR count). The molecule has 0 atom stereocenters. The van der Waals surface area contributed by atoms with Gasteiger partial charge in [-0.3, -0.25) is 0 Å². The highest BCUT2D eigenvalue weighted by Gasteiger charge is 2.17. The van der Waals surface area contributed by atoms with Crippen LogP contribution in [0.15, 0.2) is 28.7 Å². The Hall–Kier alpha value is -0.760. The molecule has 2 aromatic rings. The minimum Gasteiger partial charge on any atom is -0.358 e. The first kappa shape index (κ1) is 10.4. The highest BCUT2D eigenvalue weighted by molar-refractivity contribution is 9.10. The summed E-state index contributed by atoms with van der Waals surface area (Å²) in [6.07, 6.45) is 6.91. The second-order valence-electron chi connectivity index (χ2n) is 4.79. The third kappa shape index (κ3) is 1.91. The van der Waals surface area contributed by atoms with Crippen LogP contribution in [0.3, 0.4) is 0 Å². The van der Waals surface area contributed by atoms with E-state index in [4.69, 9.17) is 0 Å². The zero-order valence-electron chi connectivity index (χ0n) is 9.30. The van der Waals surface area contributed by atoms with E-state index in [-0.39, 0.29) is 0 Å². The molecule has 1 aromatic heterocycles. The van der Waals surface area contributed by atoms with Crippen molar-refractivity contribution in [3.8, 4) is 0 Å². The second-order valence-corrected chi connectivity index (χ2v) is 5.71. The normalized spacial score (nSPS) is 18.1. The molecule has 0 radical (unpaired) electrons. The molecule has 1 aliphatic rings. The molecule has 1 saturated carbocycles. The van der Waals surface area contributed by atoms with E-state index in [9.17, 15) is 0 Å². The molecule has 0 saturated heterocycles. The van der Waals surface area contributed by atoms with E-state index in [2.05, 4.69) is 45.2 Å². The van der Waals surface area contributed by atoms with Gasteiger partial charge in [-0.05, 0) is 43.0 Å². The lowest BCUT2D eigenvalue weighted by molar-refractivity contribution is 0.438. The largest absolute Gasteiger partial charge is 0.358 e. The van der Waals surface area contributed by atoms with Gasteiger partial charge in [0.1, 0.15) is 0 Å². The Bertz CT molecular complexity index is 494. The smallest absolute Gasteiger partial charge is 0.0456 e. The standard InChI is InChI=1S/C14H16BrN/c15-12-6-7-13-11(8-12)9-14(16-13)10-4-2-1-3-5-10/h6-10,16H,1-5H2. The number of aromatic amines is 1. The van der Waals surface area contributed by atoms with Crippen LogP contribution in [0.4, 0.5) is 0 Å². The molecule has 0 amide bonds. The van der Waals surface area contributed by atoms with Gasteiger partial charge < -0.3 is 4.98 Å². The van der Waals surface area contributed by atoms with Gasteiger partial charge >= 0.3 is 0 Å². The van der Waals surface area contributed by atoms with Gasteiger partial charge in [0.15, 0.2) is 0 Å². The van der Waals surface area contributed by atoms with E-state index in [1.54, 1.807) is 0 Å². The lowest BCUT2D eigenvalue weighted by Gasteiger charge is -2.20. The van der Waals surface area contributed by atoms with Crippen molar-refractivity contribution >= 4 is 26.8 Å². The Morgan fingerprint density at radius 1 is 1.06 bits per heavy atom. The monoisotopic (exact) mass is 277 g/mol. The summed E-state index contributed by atoms with van der Waals surface area (Å²) in [7, 11) is 0. The van der Waals surface area contributed by atoms with Gasteiger partial charge in [0, 0.05) is 21.1 Å². The number of rotatable bonds is 1. The maximum atomic E-state index is 3.57. The minimum atomic E-state index is 0.764. The first-order valence-electron chi connectivity index (χ1n) is 6.11. The van der Waals surface area contributed by atoms with Crippen LogP contribution in [-0.2, 0) is 0 Å². The molecule has 0 unspecified atom stereocenters. The summed E-state index contributed by atoms with van der Waals surface area (Å²) in [6.45, 7) is 0. The highest BCUT2D eigenvalue weighted by atomic mass is 79.9. The van der Waals surface area contributed by atoms with Crippen molar-refractivity contribution in [2.75, 3.05) is 0 Å². The summed E-state index contributed by atoms with van der Waals surface area (Å²) >= 11 is 3.52. The molecule has 1 aliphatic carbocycles. The highest BCUT2D eigenvalue weighted by Crippen LogP contribution is 2.34. The van der Waals surface area contributed by atoms with Gasteiger partial charge in [0.25, 0.3) is 0 Å². The number of hydrogen-bond donors (Lipinski definition) is 1. The first-order valence-corrected chi connectivity index (χ1v) is 6.90. The van der Waals surface area contributed by atoms with E-state index in [0.29, 0.717) is 0 Å². The first-order chi connectivity index (χ1) is 7.83. The van der Waals surface area contributed by atoms with Crippen molar-refractivity contribution in [1.82, 2.24) is 4.98 Å². The quantitative estimate of drug-likeness (QED) is 0.757. The van der Waals surface area contributed by atoms with Crippen molar-refractivity contribution in [1.29, 1.82) is 0 Å². The van der Waals surface area contributed by atoms with Crippen LogP contribution in [0.25, 0.3) is 10.9 Å². The molecular weight excluding hydrogens is 262 g/mol. The zero-order valence-corrected chi connectivity index (χ0v) is 10.9. The molecule has 0 bridgehead atoms. The van der Waals surface area contributed by atoms with Crippen molar-refractivity contribution in [2.24, 2.45) is 0 Å². The van der Waals surface area contributed by atoms with Crippen LogP contribution in [0.5, 0.6) is 0 Å². The third-order valence-electron chi connectivity index (χ3n) is 3.65. The number of H-pyrrole nitrogens is 1. The topological polar surface area (TPSA) is 15.8 Å². The molecule has 1 fully saturated rings. The van der Waals surface area contributed by atoms with Crippen molar-refractivity contribution < 1.29 is 0 Å². The van der Waals surface area contributed by atoms with Crippen LogP contribution in [0.2, 0.25) is 0 Å². The summed E-state index contributed by atoms with van der Waals surface area (Å²) < 4.78 is 1.16. The fourth-order valence-corrected chi connectivity index (χ4v) is 3.14. The van der Waals surface area contributed by atoms with Gasteiger partial charge in [0.05, 0.1) is 0 Å². The molecule has 1 heterocycles. The zero-order chi connectivity index (χ0) is 11.0. The van der Waals surface area contributed by atoms with Crippen LogP contribution in [0.1, 0.15) is 43.7 Å². The summed E-state index contributed by atoms with van der Waals surface area (Å²) in [5, 5.41) is 1.33. The predicted octanol–water partition coefficient (Wildman–Crippen LogP) is 4.98. The summed E-state index contributed by atoms with van der Waals surface area (Å²) in [5.74, 6) is 0.764. The van der Waals surface area contributed by atoms with Crippen molar-refractivity contribution in [3.63, 3.8) is 0 Å². The van der Waals surface area contributed by atoms with Gasteiger partial charge in [0.2, 0.25) is 0 Å². The van der Waals surface area contributed by atoms with Gasteiger partial charge in [-0.1, -0.05) is 35.2 Å². The van der Waals surface area contributed by atoms with Crippen LogP contribution < -0.4 is 0 Å². The fraction of sp³-hybridized carbons (Fsp3) is 0.429. The second kappa shape index (κ2) is 4.25. The Balaban J connectivity index is 1.97. The SMILES string of the molecule is Brc1ccc2[nH]c(C3CCCCC3)cc2c1. The Morgan fingerprint density at radius 2 is 1.88 bits per heavy atom. The molecule has 84 valence electrons. The fourth-order valence-electron chi connectivity index (χ4n) is 2.76. The number of halogens is 1. The van der Waals surface area contributed by atoms with E-state index in [1.807, 2.05) is 0 Å². The molecule has 16 heavy (non-hydrogen) atoms. The van der Waals surface area contributed by atoms with Crippen LogP contribution in [0, 0.1) is 0 Å². The predicted molar refractivity (Wildman–Crippen MR) is 71.8 cm³/mol. The van der Waals surface area contributed by atoms with E-state index >= 15 is 0 Å². The van der Waals surface area contributed by atoms with Gasteiger partial charge in [-0.25, -0.2) is 0 Å². The molecule has 2 heteroatoms. The van der Waals surface area contributed by atoms with Crippen molar-refractivity contribution in [3.05, 3.63) is 34.4 Å². The van der Waals surface area contributed by atoms with Crippen molar-refractivity contribution in [2.45, 2.75) is 38.0 Å². The maximum Gasteiger partial charge on any atom is 0.0456 e. The summed E-state index contributed by atoms with van der Waals surface area (Å²) in [4.78, 5) is 3.57. The molecule has 0 aliphatic heterocycles. The van der Waals surface area contributed by atoms with Crippen LogP contribution >= 0.6 is 15.9 Å². The Morgan fingerprint density at radius 3 is 2.69 bits per heavy atom. The van der Waals surface area contributed by atoms with Gasteiger partial charge in [-0.2, -0.15) is 0 Å². The number of nitrogens with one attached hydrogen (secondary N) is 1. The molecule has 0 spiro atoms. The maximum absolute atomic E-state index is 3.57. The van der Waals surface area contributed by atoms with E-state index < -0.39 is 0 Å². The molecule has 1 aromatic carbocycles. The lowest BCUT2D eigenvalue weighted by atomic mass is 9.87.